The molecule has 0 radical (unpaired) electrons. The van der Waals surface area contributed by atoms with Gasteiger partial charge in [0.2, 0.25) is 8.32 Å². The number of amides is 2. The molecule has 3 unspecified atom stereocenters. The zero-order chi connectivity index (χ0) is 37.4. The summed E-state index contributed by atoms with van der Waals surface area (Å²) >= 11 is 0. The zero-order valence-electron chi connectivity index (χ0n) is 31.7. The third-order valence-electron chi connectivity index (χ3n) is 10.6. The van der Waals surface area contributed by atoms with Crippen LogP contribution in [-0.2, 0) is 36.6 Å². The monoisotopic (exact) mass is 732 g/mol. The molecule has 2 amide bonds. The molecular weight excluding hydrogens is 677 g/mol. The van der Waals surface area contributed by atoms with E-state index in [1.165, 1.54) is 0 Å². The van der Waals surface area contributed by atoms with Crippen LogP contribution in [0.1, 0.15) is 70.6 Å². The van der Waals surface area contributed by atoms with Crippen LogP contribution in [0.25, 0.3) is 0 Å². The van der Waals surface area contributed by atoms with Crippen molar-refractivity contribution in [1.29, 1.82) is 0 Å². The average molecular weight is 733 g/mol. The molecule has 1 fully saturated rings. The Labute approximate surface area is 310 Å². The highest BCUT2D eigenvalue weighted by molar-refractivity contribution is 6.77. The topological polar surface area (TPSA) is 107 Å². The van der Waals surface area contributed by atoms with Crippen LogP contribution in [-0.4, -0.2) is 82.5 Å². The molecule has 0 saturated carbocycles. The van der Waals surface area contributed by atoms with Crippen LogP contribution >= 0.6 is 0 Å². The summed E-state index contributed by atoms with van der Waals surface area (Å²) in [5.41, 5.74) is 4.42. The number of benzene rings is 3. The largest absolute Gasteiger partial charge is 0.508 e. The lowest BCUT2D eigenvalue weighted by atomic mass is 9.84. The normalized spacial score (nSPS) is 19.3. The maximum absolute atomic E-state index is 13.8. The first kappa shape index (κ1) is 39.3. The molecule has 11 heteroatoms. The number of nitrogens with zero attached hydrogens (tertiary/aromatic N) is 2. The highest BCUT2D eigenvalue weighted by atomic mass is 28.4. The fraction of sp³-hybridized carbons (Fsp3) is 0.512. The first-order valence-electron chi connectivity index (χ1n) is 18.5. The molecule has 10 nitrogen and oxygen atoms in total. The van der Waals surface area contributed by atoms with Crippen LogP contribution in [0.2, 0.25) is 16.6 Å². The molecule has 3 aromatic carbocycles. The minimum absolute atomic E-state index is 0.00224. The van der Waals surface area contributed by atoms with Gasteiger partial charge in [0.15, 0.2) is 6.61 Å². The molecule has 0 aliphatic carbocycles. The van der Waals surface area contributed by atoms with E-state index in [4.69, 9.17) is 23.4 Å². The lowest BCUT2D eigenvalue weighted by Crippen LogP contribution is -2.59. The molecule has 0 bridgehead atoms. The fourth-order valence-electron chi connectivity index (χ4n) is 8.15. The lowest BCUT2D eigenvalue weighted by Gasteiger charge is -2.50. The van der Waals surface area contributed by atoms with Gasteiger partial charge in [0.25, 0.3) is 5.91 Å². The summed E-state index contributed by atoms with van der Waals surface area (Å²) in [7, 11) is -0.791. The predicted molar refractivity (Wildman–Crippen MR) is 204 cm³/mol. The van der Waals surface area contributed by atoms with Crippen LogP contribution in [0.5, 0.6) is 11.5 Å². The Bertz CT molecular complexity index is 1590. The van der Waals surface area contributed by atoms with E-state index in [9.17, 15) is 14.7 Å². The van der Waals surface area contributed by atoms with E-state index in [-0.39, 0.29) is 43.9 Å². The van der Waals surface area contributed by atoms with E-state index in [2.05, 4.69) is 41.5 Å². The van der Waals surface area contributed by atoms with E-state index < -0.39 is 26.6 Å². The van der Waals surface area contributed by atoms with Crippen LogP contribution < -0.4 is 9.64 Å². The number of hydrogen-bond acceptors (Lipinski definition) is 8. The Balaban J connectivity index is 1.49. The number of ether oxygens (including phenoxy) is 4. The van der Waals surface area contributed by atoms with Gasteiger partial charge in [0, 0.05) is 32.7 Å². The van der Waals surface area contributed by atoms with Crippen molar-refractivity contribution in [2.24, 2.45) is 0 Å². The van der Waals surface area contributed by atoms with Crippen molar-refractivity contribution in [3.63, 3.8) is 0 Å². The van der Waals surface area contributed by atoms with Crippen molar-refractivity contribution in [2.45, 2.75) is 95.9 Å². The van der Waals surface area contributed by atoms with Crippen molar-refractivity contribution in [2.75, 3.05) is 44.9 Å². The molecule has 2 aliphatic rings. The Morgan fingerprint density at radius 1 is 0.885 bits per heavy atom. The number of fused-ring (bicyclic) bond motifs is 1. The van der Waals surface area contributed by atoms with Crippen LogP contribution in [0.15, 0.2) is 72.8 Å². The minimum Gasteiger partial charge on any atom is -0.508 e. The Kier molecular flexibility index (Phi) is 13.4. The van der Waals surface area contributed by atoms with Crippen LogP contribution in [0.4, 0.5) is 10.5 Å². The van der Waals surface area contributed by atoms with Gasteiger partial charge in [0.05, 0.1) is 31.0 Å². The van der Waals surface area contributed by atoms with Crippen LogP contribution in [0, 0.1) is 0 Å². The molecule has 1 saturated heterocycles. The number of aromatic hydroxyl groups is 1. The Morgan fingerprint density at radius 3 is 2.21 bits per heavy atom. The fourth-order valence-corrected chi connectivity index (χ4v) is 13.7. The Hall–Kier alpha value is -3.90. The smallest absolute Gasteiger partial charge is 0.410 e. The van der Waals surface area contributed by atoms with Gasteiger partial charge in [0.1, 0.15) is 18.1 Å². The second-order valence-corrected chi connectivity index (χ2v) is 20.3. The van der Waals surface area contributed by atoms with Crippen molar-refractivity contribution < 1.29 is 38.1 Å². The van der Waals surface area contributed by atoms with E-state index >= 15 is 0 Å². The predicted octanol–water partition coefficient (Wildman–Crippen LogP) is 8.04. The molecule has 2 heterocycles. The van der Waals surface area contributed by atoms with Gasteiger partial charge in [-0.15, -0.1) is 0 Å². The molecule has 1 N–H and O–H groups in total. The number of piperidine rings is 1. The van der Waals surface area contributed by atoms with Gasteiger partial charge in [-0.25, -0.2) is 4.79 Å². The molecular formula is C41H56N2O8Si. The second-order valence-electron chi connectivity index (χ2n) is 14.9. The third kappa shape index (κ3) is 8.99. The first-order chi connectivity index (χ1) is 24.9. The number of carbonyl (C=O) groups is 2. The third-order valence-corrected chi connectivity index (χ3v) is 16.7. The van der Waals surface area contributed by atoms with E-state index in [1.54, 1.807) is 29.0 Å². The molecule has 5 rings (SSSR count). The van der Waals surface area contributed by atoms with Crippen LogP contribution in [0.3, 0.4) is 0 Å². The quantitative estimate of drug-likeness (QED) is 0.124. The number of rotatable bonds is 15. The minimum atomic E-state index is -2.44. The van der Waals surface area contributed by atoms with Crippen molar-refractivity contribution in [1.82, 2.24) is 4.90 Å². The molecule has 52 heavy (non-hydrogen) atoms. The van der Waals surface area contributed by atoms with Crippen molar-refractivity contribution in [3.8, 4) is 11.5 Å². The van der Waals surface area contributed by atoms with Gasteiger partial charge < -0.3 is 38.3 Å². The summed E-state index contributed by atoms with van der Waals surface area (Å²) in [5, 5.41) is 10.2. The number of anilines is 1. The molecule has 3 aromatic rings. The number of likely N-dealkylation sites (tertiary alicyclic amines) is 1. The van der Waals surface area contributed by atoms with Crippen molar-refractivity contribution >= 4 is 26.0 Å². The summed E-state index contributed by atoms with van der Waals surface area (Å²) in [6.45, 7) is 15.6. The molecule has 2 aliphatic heterocycles. The number of hydrogen-bond donors (Lipinski definition) is 1. The summed E-state index contributed by atoms with van der Waals surface area (Å²) in [4.78, 5) is 30.2. The van der Waals surface area contributed by atoms with Gasteiger partial charge >= 0.3 is 6.09 Å². The Morgan fingerprint density at radius 2 is 1.56 bits per heavy atom. The van der Waals surface area contributed by atoms with Gasteiger partial charge in [-0.3, -0.25) is 4.79 Å². The standard InChI is InChI=1S/C41H56N2O8Si/c1-28(2)52(29(3)4,30(5)6)51-38-24-42(41(46)50-25-31-12-9-8-10-13-31)23-37(40(38)33-15-17-34(44)18-16-33)48-26-32-14-19-36-35(22-32)43(20-11-21-47-7)39(45)27-49-36/h8-10,12-19,22,28-30,37-38,40,44H,11,20-21,23-27H2,1-7H3. The van der Waals surface area contributed by atoms with E-state index in [1.807, 2.05) is 60.7 Å². The van der Waals surface area contributed by atoms with Gasteiger partial charge in [-0.2, -0.15) is 0 Å². The van der Waals surface area contributed by atoms with Crippen molar-refractivity contribution in [3.05, 3.63) is 89.5 Å². The number of methoxy groups -OCH3 is 1. The molecule has 0 spiro atoms. The lowest BCUT2D eigenvalue weighted by molar-refractivity contribution is -0.121. The molecule has 282 valence electrons. The summed E-state index contributed by atoms with van der Waals surface area (Å²) < 4.78 is 31.2. The second kappa shape index (κ2) is 17.7. The summed E-state index contributed by atoms with van der Waals surface area (Å²) in [5.74, 6) is 0.490. The SMILES string of the molecule is COCCCN1C(=O)COc2ccc(COC3CN(C(=O)OCc4ccccc4)CC(O[Si](C(C)C)(C(C)C)C(C)C)C3c3ccc(O)cc3)cc21. The summed E-state index contributed by atoms with van der Waals surface area (Å²) in [6, 6.07) is 22.7. The average Bonchev–Trinajstić information content (AvgIpc) is 3.13. The highest BCUT2D eigenvalue weighted by Crippen LogP contribution is 2.46. The molecule has 3 atom stereocenters. The van der Waals surface area contributed by atoms with Gasteiger partial charge in [-0.05, 0) is 64.0 Å². The molecule has 0 aromatic heterocycles. The maximum Gasteiger partial charge on any atom is 0.410 e. The highest BCUT2D eigenvalue weighted by Gasteiger charge is 2.51. The first-order valence-corrected chi connectivity index (χ1v) is 20.7. The number of phenols is 1. The van der Waals surface area contributed by atoms with E-state index in [0.29, 0.717) is 54.2 Å². The zero-order valence-corrected chi connectivity index (χ0v) is 32.7. The summed E-state index contributed by atoms with van der Waals surface area (Å²) in [6.07, 6.45) is -0.586. The maximum atomic E-state index is 13.8. The number of carbonyl (C=O) groups excluding carboxylic acids is 2. The van der Waals surface area contributed by atoms with Gasteiger partial charge in [-0.1, -0.05) is 90.1 Å². The van der Waals surface area contributed by atoms with E-state index in [0.717, 1.165) is 16.7 Å². The number of phenolic OH excluding ortho intramolecular Hbond substituents is 1.